The Balaban J connectivity index is 1.56. The molecule has 0 aliphatic carbocycles. The van der Waals surface area contributed by atoms with Gasteiger partial charge in [-0.2, -0.15) is 0 Å². The number of rotatable bonds is 5. The van der Waals surface area contributed by atoms with Crippen LogP contribution in [-0.2, 0) is 11.8 Å². The summed E-state index contributed by atoms with van der Waals surface area (Å²) in [6.07, 6.45) is 0. The third-order valence-electron chi connectivity index (χ3n) is 3.96. The smallest absolute Gasteiger partial charge is 0.268 e. The average Bonchev–Trinajstić information content (AvgIpc) is 3.23. The molecule has 1 aromatic carbocycles. The van der Waals surface area contributed by atoms with E-state index in [-0.39, 0.29) is 24.3 Å². The molecule has 2 aromatic heterocycles. The third kappa shape index (κ3) is 3.60. The topological polar surface area (TPSA) is 92.2 Å². The minimum atomic E-state index is -0.345. The molecule has 3 N–H and O–H groups in total. The number of amides is 3. The quantitative estimate of drug-likeness (QED) is 0.641. The van der Waals surface area contributed by atoms with E-state index in [9.17, 15) is 14.4 Å². The molecule has 3 amide bonds. The molecule has 2 heterocycles. The van der Waals surface area contributed by atoms with Crippen LogP contribution in [0.2, 0.25) is 0 Å². The minimum absolute atomic E-state index is 0.144. The first kappa shape index (κ1) is 17.7. The highest BCUT2D eigenvalue weighted by atomic mass is 32.1. The van der Waals surface area contributed by atoms with E-state index >= 15 is 0 Å². The number of thiophene rings is 1. The van der Waals surface area contributed by atoms with Crippen LogP contribution in [0.5, 0.6) is 0 Å². The molecule has 0 radical (unpaired) electrons. The Morgan fingerprint density at radius 1 is 1.08 bits per heavy atom. The van der Waals surface area contributed by atoms with E-state index in [1.807, 2.05) is 24.6 Å². The van der Waals surface area contributed by atoms with Crippen molar-refractivity contribution < 1.29 is 14.4 Å². The van der Waals surface area contributed by atoms with Crippen LogP contribution < -0.4 is 16.0 Å². The average molecular weight is 370 g/mol. The number of nitrogens with one attached hydrogen (secondary N) is 3. The van der Waals surface area contributed by atoms with Crippen molar-refractivity contribution in [3.63, 3.8) is 0 Å². The molecule has 0 bridgehead atoms. The SMILES string of the molecule is CNC(=O)c1ccc(NC(=O)CNC(=O)c2cc3sccc3n2C)cc1. The van der Waals surface area contributed by atoms with Crippen LogP contribution in [0.3, 0.4) is 0 Å². The summed E-state index contributed by atoms with van der Waals surface area (Å²) in [5, 5.41) is 9.79. The molecule has 0 spiro atoms. The Kier molecular flexibility index (Phi) is 5.04. The van der Waals surface area contributed by atoms with Crippen LogP contribution in [0.25, 0.3) is 10.2 Å². The Bertz CT molecular complexity index is 972. The van der Waals surface area contributed by atoms with Gasteiger partial charge in [-0.3, -0.25) is 14.4 Å². The Labute approximate surface area is 154 Å². The number of benzene rings is 1. The van der Waals surface area contributed by atoms with E-state index in [1.54, 1.807) is 47.2 Å². The van der Waals surface area contributed by atoms with E-state index in [2.05, 4.69) is 16.0 Å². The fourth-order valence-corrected chi connectivity index (χ4v) is 3.42. The number of hydrogen-bond acceptors (Lipinski definition) is 4. The molecule has 3 aromatic rings. The van der Waals surface area contributed by atoms with Gasteiger partial charge >= 0.3 is 0 Å². The molecule has 0 saturated carbocycles. The lowest BCUT2D eigenvalue weighted by Gasteiger charge is -2.08. The molecule has 0 unspecified atom stereocenters. The summed E-state index contributed by atoms with van der Waals surface area (Å²) < 4.78 is 2.83. The molecule has 8 heteroatoms. The van der Waals surface area contributed by atoms with Gasteiger partial charge in [0.15, 0.2) is 0 Å². The maximum Gasteiger partial charge on any atom is 0.268 e. The zero-order chi connectivity index (χ0) is 18.7. The number of aryl methyl sites for hydroxylation is 1. The number of carbonyl (C=O) groups is 3. The lowest BCUT2D eigenvalue weighted by Crippen LogP contribution is -2.33. The van der Waals surface area contributed by atoms with Crippen LogP contribution in [0.4, 0.5) is 5.69 Å². The van der Waals surface area contributed by atoms with E-state index in [0.717, 1.165) is 10.2 Å². The molecule has 7 nitrogen and oxygen atoms in total. The summed E-state index contributed by atoms with van der Waals surface area (Å²) in [6, 6.07) is 10.3. The van der Waals surface area contributed by atoms with Crippen LogP contribution in [0.15, 0.2) is 41.8 Å². The van der Waals surface area contributed by atoms with Gasteiger partial charge in [0.2, 0.25) is 5.91 Å². The highest BCUT2D eigenvalue weighted by Crippen LogP contribution is 2.23. The van der Waals surface area contributed by atoms with Crippen molar-refractivity contribution in [2.24, 2.45) is 7.05 Å². The predicted molar refractivity (Wildman–Crippen MR) is 102 cm³/mol. The monoisotopic (exact) mass is 370 g/mol. The number of hydrogen-bond donors (Lipinski definition) is 3. The lowest BCUT2D eigenvalue weighted by molar-refractivity contribution is -0.115. The van der Waals surface area contributed by atoms with Crippen molar-refractivity contribution in [3.8, 4) is 0 Å². The van der Waals surface area contributed by atoms with Crippen LogP contribution in [-0.4, -0.2) is 35.9 Å². The van der Waals surface area contributed by atoms with Crippen LogP contribution in [0, 0.1) is 0 Å². The largest absolute Gasteiger partial charge is 0.355 e. The van der Waals surface area contributed by atoms with Gasteiger partial charge in [0.25, 0.3) is 11.8 Å². The number of aromatic nitrogens is 1. The number of fused-ring (bicyclic) bond motifs is 1. The molecule has 134 valence electrons. The van der Waals surface area contributed by atoms with Crippen LogP contribution >= 0.6 is 11.3 Å². The van der Waals surface area contributed by atoms with Gasteiger partial charge in [0, 0.05) is 25.3 Å². The van der Waals surface area contributed by atoms with Crippen molar-refractivity contribution in [2.45, 2.75) is 0 Å². The molecule has 0 aliphatic rings. The van der Waals surface area contributed by atoms with Crippen molar-refractivity contribution in [2.75, 3.05) is 18.9 Å². The highest BCUT2D eigenvalue weighted by molar-refractivity contribution is 7.17. The summed E-state index contributed by atoms with van der Waals surface area (Å²) in [5.41, 5.74) is 2.55. The third-order valence-corrected chi connectivity index (χ3v) is 4.82. The molecular formula is C18H18N4O3S. The van der Waals surface area contributed by atoms with Crippen molar-refractivity contribution >= 4 is 45.0 Å². The Hall–Kier alpha value is -3.13. The summed E-state index contributed by atoms with van der Waals surface area (Å²) in [7, 11) is 3.37. The van der Waals surface area contributed by atoms with E-state index in [4.69, 9.17) is 0 Å². The van der Waals surface area contributed by atoms with Crippen LogP contribution in [0.1, 0.15) is 20.8 Å². The second-order valence-electron chi connectivity index (χ2n) is 5.65. The Morgan fingerprint density at radius 2 is 1.81 bits per heavy atom. The van der Waals surface area contributed by atoms with Crippen molar-refractivity contribution in [1.82, 2.24) is 15.2 Å². The maximum absolute atomic E-state index is 12.3. The molecule has 0 fully saturated rings. The standard InChI is InChI=1S/C18H18N4O3S/c1-19-17(24)11-3-5-12(6-4-11)21-16(23)10-20-18(25)14-9-15-13(22(14)2)7-8-26-15/h3-9H,10H2,1-2H3,(H,19,24)(H,20,25)(H,21,23). The molecule has 26 heavy (non-hydrogen) atoms. The van der Waals surface area contributed by atoms with E-state index < -0.39 is 0 Å². The number of nitrogens with zero attached hydrogens (tertiary/aromatic N) is 1. The highest BCUT2D eigenvalue weighted by Gasteiger charge is 2.15. The lowest BCUT2D eigenvalue weighted by atomic mass is 10.2. The molecule has 0 saturated heterocycles. The molecule has 3 rings (SSSR count). The molecule has 0 atom stereocenters. The second-order valence-corrected chi connectivity index (χ2v) is 6.59. The summed E-state index contributed by atoms with van der Waals surface area (Å²) in [5.74, 6) is -0.847. The van der Waals surface area contributed by atoms with Crippen molar-refractivity contribution in [3.05, 3.63) is 53.0 Å². The zero-order valence-corrected chi connectivity index (χ0v) is 15.1. The second kappa shape index (κ2) is 7.40. The first-order valence-electron chi connectivity index (χ1n) is 7.92. The van der Waals surface area contributed by atoms with Gasteiger partial charge in [0.1, 0.15) is 5.69 Å². The Morgan fingerprint density at radius 3 is 2.46 bits per heavy atom. The number of anilines is 1. The maximum atomic E-state index is 12.3. The normalized spacial score (nSPS) is 10.5. The molecular weight excluding hydrogens is 352 g/mol. The van der Waals surface area contributed by atoms with E-state index in [0.29, 0.717) is 16.9 Å². The first-order chi connectivity index (χ1) is 12.5. The first-order valence-corrected chi connectivity index (χ1v) is 8.80. The summed E-state index contributed by atoms with van der Waals surface area (Å²) >= 11 is 1.56. The van der Waals surface area contributed by atoms with Gasteiger partial charge in [0.05, 0.1) is 16.8 Å². The zero-order valence-electron chi connectivity index (χ0n) is 14.3. The molecule has 0 aliphatic heterocycles. The van der Waals surface area contributed by atoms with Gasteiger partial charge in [-0.05, 0) is 41.8 Å². The predicted octanol–water partition coefficient (Wildman–Crippen LogP) is 1.97. The van der Waals surface area contributed by atoms with Gasteiger partial charge in [-0.25, -0.2) is 0 Å². The number of carbonyl (C=O) groups excluding carboxylic acids is 3. The fraction of sp³-hybridized carbons (Fsp3) is 0.167. The fourth-order valence-electron chi connectivity index (χ4n) is 2.57. The minimum Gasteiger partial charge on any atom is -0.355 e. The summed E-state index contributed by atoms with van der Waals surface area (Å²) in [4.78, 5) is 35.8. The van der Waals surface area contributed by atoms with Gasteiger partial charge < -0.3 is 20.5 Å². The van der Waals surface area contributed by atoms with Crippen molar-refractivity contribution in [1.29, 1.82) is 0 Å². The van der Waals surface area contributed by atoms with Gasteiger partial charge in [-0.1, -0.05) is 0 Å². The van der Waals surface area contributed by atoms with E-state index in [1.165, 1.54) is 0 Å². The van der Waals surface area contributed by atoms with Gasteiger partial charge in [-0.15, -0.1) is 11.3 Å². The summed E-state index contributed by atoms with van der Waals surface area (Å²) in [6.45, 7) is -0.144.